The van der Waals surface area contributed by atoms with E-state index >= 15 is 0 Å². The van der Waals surface area contributed by atoms with Crippen molar-refractivity contribution in [1.82, 2.24) is 5.32 Å². The number of rotatable bonds is 4. The first-order valence-corrected chi connectivity index (χ1v) is 8.71. The Bertz CT molecular complexity index is 314. The highest BCUT2D eigenvalue weighted by Gasteiger charge is 2.63. The van der Waals surface area contributed by atoms with Gasteiger partial charge >= 0.3 is 0 Å². The molecule has 0 spiro atoms. The van der Waals surface area contributed by atoms with Crippen molar-refractivity contribution in [2.75, 3.05) is 18.1 Å². The summed E-state index contributed by atoms with van der Waals surface area (Å²) in [6.07, 6.45) is 6.27. The third-order valence-corrected chi connectivity index (χ3v) is 7.59. The van der Waals surface area contributed by atoms with Gasteiger partial charge in [-0.15, -0.1) is 0 Å². The van der Waals surface area contributed by atoms with Crippen molar-refractivity contribution in [3.63, 3.8) is 0 Å². The van der Waals surface area contributed by atoms with E-state index in [0.29, 0.717) is 5.41 Å². The summed E-state index contributed by atoms with van der Waals surface area (Å²) in [5.74, 6) is 3.16. The van der Waals surface area contributed by atoms with Crippen molar-refractivity contribution < 1.29 is 5.11 Å². The van der Waals surface area contributed by atoms with E-state index in [0.717, 1.165) is 24.1 Å². The highest BCUT2D eigenvalue weighted by atomic mass is 32.2. The van der Waals surface area contributed by atoms with Gasteiger partial charge in [0.1, 0.15) is 0 Å². The molecule has 3 fully saturated rings. The summed E-state index contributed by atoms with van der Waals surface area (Å²) in [7, 11) is 0. The van der Waals surface area contributed by atoms with E-state index in [-0.39, 0.29) is 11.5 Å². The molecule has 3 heteroatoms. The van der Waals surface area contributed by atoms with Gasteiger partial charge in [-0.1, -0.05) is 13.8 Å². The first-order valence-electron chi connectivity index (χ1n) is 7.55. The van der Waals surface area contributed by atoms with Crippen molar-refractivity contribution in [2.24, 2.45) is 16.7 Å². The second-order valence-electron chi connectivity index (χ2n) is 7.17. The van der Waals surface area contributed by atoms with Gasteiger partial charge in [0, 0.05) is 23.0 Å². The van der Waals surface area contributed by atoms with Crippen LogP contribution in [0.15, 0.2) is 0 Å². The normalized spacial score (nSPS) is 45.8. The molecule has 2 unspecified atom stereocenters. The number of aliphatic hydroxyl groups is 1. The van der Waals surface area contributed by atoms with Crippen LogP contribution in [0.4, 0.5) is 0 Å². The third-order valence-electron chi connectivity index (χ3n) is 6.23. The van der Waals surface area contributed by atoms with Gasteiger partial charge in [-0.2, -0.15) is 11.8 Å². The van der Waals surface area contributed by atoms with Crippen LogP contribution in [0, 0.1) is 16.7 Å². The lowest BCUT2D eigenvalue weighted by atomic mass is 9.70. The van der Waals surface area contributed by atoms with Gasteiger partial charge in [0.25, 0.3) is 0 Å². The summed E-state index contributed by atoms with van der Waals surface area (Å²) in [5.41, 5.74) is 0.559. The molecule has 2 aliphatic carbocycles. The molecular weight excluding hydrogens is 242 g/mol. The zero-order chi connectivity index (χ0) is 12.8. The van der Waals surface area contributed by atoms with Crippen molar-refractivity contribution >= 4 is 11.8 Å². The molecule has 0 aromatic rings. The molecule has 1 saturated heterocycles. The van der Waals surface area contributed by atoms with Crippen molar-refractivity contribution in [3.8, 4) is 0 Å². The smallest absolute Gasteiger partial charge is 0.0612 e. The molecule has 3 rings (SSSR count). The molecule has 2 saturated carbocycles. The molecule has 0 aromatic heterocycles. The molecule has 0 radical (unpaired) electrons. The Balaban J connectivity index is 1.60. The largest absolute Gasteiger partial charge is 0.392 e. The van der Waals surface area contributed by atoms with E-state index in [1.165, 1.54) is 38.0 Å². The van der Waals surface area contributed by atoms with E-state index in [1.54, 1.807) is 0 Å². The number of thioether (sulfide) groups is 1. The first kappa shape index (κ1) is 13.3. The van der Waals surface area contributed by atoms with E-state index in [9.17, 15) is 5.11 Å². The topological polar surface area (TPSA) is 32.3 Å². The lowest BCUT2D eigenvalue weighted by molar-refractivity contribution is 0.0168. The second kappa shape index (κ2) is 4.68. The molecule has 1 heterocycles. The zero-order valence-electron chi connectivity index (χ0n) is 11.7. The zero-order valence-corrected chi connectivity index (χ0v) is 12.6. The number of nitrogens with one attached hydrogen (secondary N) is 1. The fourth-order valence-electron chi connectivity index (χ4n) is 4.66. The van der Waals surface area contributed by atoms with Gasteiger partial charge < -0.3 is 10.4 Å². The average Bonchev–Trinajstić information content (AvgIpc) is 2.95. The summed E-state index contributed by atoms with van der Waals surface area (Å²) in [5, 5.41) is 14.0. The molecule has 1 aliphatic heterocycles. The van der Waals surface area contributed by atoms with Crippen LogP contribution in [-0.2, 0) is 0 Å². The van der Waals surface area contributed by atoms with Crippen LogP contribution in [0.25, 0.3) is 0 Å². The lowest BCUT2D eigenvalue weighted by Gasteiger charge is -2.40. The first-order chi connectivity index (χ1) is 8.56. The molecule has 4 atom stereocenters. The maximum atomic E-state index is 10.5. The molecule has 0 aromatic carbocycles. The van der Waals surface area contributed by atoms with Crippen molar-refractivity contribution in [3.05, 3.63) is 0 Å². The van der Waals surface area contributed by atoms with E-state index < -0.39 is 0 Å². The third kappa shape index (κ3) is 1.85. The molecule has 18 heavy (non-hydrogen) atoms. The Morgan fingerprint density at radius 3 is 2.72 bits per heavy atom. The van der Waals surface area contributed by atoms with Crippen LogP contribution < -0.4 is 5.32 Å². The molecule has 2 nitrogen and oxygen atoms in total. The standard InChI is InChI=1S/C15H27NOS/c1-14(2)11-5-6-15(14,13(17)8-11)10-18-9-12-4-3-7-16-12/h11-13,16-17H,3-10H2,1-2H3/t11?,12-,13+,15?/m0/s1. The highest BCUT2D eigenvalue weighted by Crippen LogP contribution is 2.66. The SMILES string of the molecule is CC1(C)C2CCC1(CSC[C@@H]1CCCN1)[C@H](O)C2. The number of hydrogen-bond acceptors (Lipinski definition) is 3. The molecule has 104 valence electrons. The van der Waals surface area contributed by atoms with Gasteiger partial charge in [0.2, 0.25) is 0 Å². The summed E-state index contributed by atoms with van der Waals surface area (Å²) in [6.45, 7) is 6.00. The predicted molar refractivity (Wildman–Crippen MR) is 77.9 cm³/mol. The van der Waals surface area contributed by atoms with Crippen LogP contribution in [0.5, 0.6) is 0 Å². The lowest BCUT2D eigenvalue weighted by Crippen LogP contribution is -2.41. The van der Waals surface area contributed by atoms with Crippen LogP contribution in [-0.4, -0.2) is 35.3 Å². The maximum Gasteiger partial charge on any atom is 0.0612 e. The summed E-state index contributed by atoms with van der Waals surface area (Å²) >= 11 is 2.08. The molecular formula is C15H27NOS. The van der Waals surface area contributed by atoms with Gasteiger partial charge in [-0.05, 0) is 50.0 Å². The summed E-state index contributed by atoms with van der Waals surface area (Å²) < 4.78 is 0. The minimum absolute atomic E-state index is 0.0460. The fourth-order valence-corrected chi connectivity index (χ4v) is 6.42. The fraction of sp³-hybridized carbons (Fsp3) is 1.00. The molecule has 2 N–H and O–H groups in total. The maximum absolute atomic E-state index is 10.5. The Labute approximate surface area is 115 Å². The van der Waals surface area contributed by atoms with Gasteiger partial charge in [0.15, 0.2) is 0 Å². The van der Waals surface area contributed by atoms with E-state index in [1.807, 2.05) is 0 Å². The Morgan fingerprint density at radius 1 is 1.33 bits per heavy atom. The quantitative estimate of drug-likeness (QED) is 0.823. The number of fused-ring (bicyclic) bond motifs is 2. The van der Waals surface area contributed by atoms with Crippen LogP contribution in [0.3, 0.4) is 0 Å². The summed E-state index contributed by atoms with van der Waals surface area (Å²) in [4.78, 5) is 0. The molecule has 2 bridgehead atoms. The summed E-state index contributed by atoms with van der Waals surface area (Å²) in [6, 6.07) is 0.727. The van der Waals surface area contributed by atoms with Gasteiger partial charge in [0.05, 0.1) is 6.10 Å². The van der Waals surface area contributed by atoms with Crippen LogP contribution in [0.2, 0.25) is 0 Å². The Morgan fingerprint density at radius 2 is 2.17 bits per heavy atom. The van der Waals surface area contributed by atoms with Crippen molar-refractivity contribution in [2.45, 2.75) is 58.1 Å². The average molecular weight is 269 g/mol. The van der Waals surface area contributed by atoms with Crippen LogP contribution >= 0.6 is 11.8 Å². The number of aliphatic hydroxyl groups excluding tert-OH is 1. The monoisotopic (exact) mass is 269 g/mol. The Hall–Kier alpha value is 0.270. The Kier molecular flexibility index (Phi) is 3.44. The molecule has 0 amide bonds. The number of hydrogen-bond donors (Lipinski definition) is 2. The van der Waals surface area contributed by atoms with Gasteiger partial charge in [-0.25, -0.2) is 0 Å². The molecule has 3 aliphatic rings. The van der Waals surface area contributed by atoms with E-state index in [4.69, 9.17) is 0 Å². The second-order valence-corrected chi connectivity index (χ2v) is 8.20. The minimum atomic E-state index is -0.0460. The van der Waals surface area contributed by atoms with E-state index in [2.05, 4.69) is 30.9 Å². The van der Waals surface area contributed by atoms with Crippen LogP contribution in [0.1, 0.15) is 46.0 Å². The van der Waals surface area contributed by atoms with Crippen molar-refractivity contribution in [1.29, 1.82) is 0 Å². The minimum Gasteiger partial charge on any atom is -0.392 e. The predicted octanol–water partition coefficient (Wildman–Crippen LogP) is 2.66. The highest BCUT2D eigenvalue weighted by molar-refractivity contribution is 7.99. The van der Waals surface area contributed by atoms with Gasteiger partial charge in [-0.3, -0.25) is 0 Å².